The Morgan fingerprint density at radius 2 is 1.77 bits per heavy atom. The van der Waals surface area contributed by atoms with Crippen molar-refractivity contribution in [2.75, 3.05) is 25.3 Å². The second kappa shape index (κ2) is 15.2. The molecule has 3 aromatic rings. The molecule has 3 saturated carbocycles. The molecule has 7 rings (SSSR count). The van der Waals surface area contributed by atoms with Crippen LogP contribution >= 0.6 is 11.6 Å². The molecule has 3 heterocycles. The average molecular weight is 761 g/mol. The molecule has 52 heavy (non-hydrogen) atoms. The molecule has 2 aromatic heterocycles. The number of halogens is 1. The van der Waals surface area contributed by atoms with Gasteiger partial charge in [0.15, 0.2) is 5.65 Å². The van der Waals surface area contributed by atoms with Gasteiger partial charge in [-0.15, -0.1) is 0 Å². The second-order valence-electron chi connectivity index (χ2n) is 14.1. The first-order valence-electron chi connectivity index (χ1n) is 17.7. The topological polar surface area (TPSA) is 207 Å². The third-order valence-corrected chi connectivity index (χ3v) is 12.2. The molecule has 1 unspecified atom stereocenters. The number of hydrogen-bond acceptors (Lipinski definition) is 11. The average Bonchev–Trinajstić information content (AvgIpc) is 3.82. The van der Waals surface area contributed by atoms with Crippen LogP contribution in [0.5, 0.6) is 0 Å². The summed E-state index contributed by atoms with van der Waals surface area (Å²) >= 11 is 6.16. The number of aromatic nitrogens is 4. The molecule has 17 heteroatoms. The van der Waals surface area contributed by atoms with E-state index in [4.69, 9.17) is 35.9 Å². The third kappa shape index (κ3) is 7.56. The molecule has 4 aliphatic rings. The summed E-state index contributed by atoms with van der Waals surface area (Å²) in [6.07, 6.45) is 10.7. The van der Waals surface area contributed by atoms with Gasteiger partial charge in [-0.25, -0.2) is 28.1 Å². The summed E-state index contributed by atoms with van der Waals surface area (Å²) in [6.45, 7) is 4.81. The fraction of sp³-hybridized carbons (Fsp3) is 0.571. The predicted molar refractivity (Wildman–Crippen MR) is 193 cm³/mol. The Labute approximate surface area is 305 Å². The fourth-order valence-corrected chi connectivity index (χ4v) is 8.89. The van der Waals surface area contributed by atoms with E-state index < -0.39 is 33.7 Å². The number of ether oxygens (including phenoxy) is 3. The minimum absolute atomic E-state index is 0.0478. The maximum Gasteiger partial charge on any atom is 0.343 e. The number of nitrogens with zero attached hydrogens (tertiary/aromatic N) is 3. The number of anilines is 1. The number of nitrogens with two attached hydrogens (primary N) is 1. The van der Waals surface area contributed by atoms with E-state index in [1.54, 1.807) is 4.57 Å². The van der Waals surface area contributed by atoms with Crippen molar-refractivity contribution >= 4 is 50.4 Å². The molecule has 15 nitrogen and oxygen atoms in total. The number of primary sulfonamides is 1. The normalized spacial score (nSPS) is 22.6. The van der Waals surface area contributed by atoms with E-state index >= 15 is 0 Å². The van der Waals surface area contributed by atoms with Gasteiger partial charge in [0.25, 0.3) is 5.56 Å². The summed E-state index contributed by atoms with van der Waals surface area (Å²) in [7, 11) is -4.25. The smallest absolute Gasteiger partial charge is 0.343 e. The lowest BCUT2D eigenvalue weighted by molar-refractivity contribution is -0.153. The van der Waals surface area contributed by atoms with Gasteiger partial charge in [-0.3, -0.25) is 18.7 Å². The zero-order chi connectivity index (χ0) is 37.3. The van der Waals surface area contributed by atoms with Crippen LogP contribution in [0.25, 0.3) is 11.2 Å². The summed E-state index contributed by atoms with van der Waals surface area (Å²) in [5, 5.41) is 8.14. The van der Waals surface area contributed by atoms with E-state index in [9.17, 15) is 27.6 Å². The molecule has 4 N–H and O–H groups in total. The number of fused-ring (bicyclic) bond motifs is 4. The predicted octanol–water partition coefficient (Wildman–Crippen LogP) is 4.10. The third-order valence-electron chi connectivity index (χ3n) is 10.8. The zero-order valence-corrected chi connectivity index (χ0v) is 30.9. The number of esters is 2. The fourth-order valence-electron chi connectivity index (χ4n) is 7.79. The summed E-state index contributed by atoms with van der Waals surface area (Å²) in [5.41, 5.74) is -0.0876. The van der Waals surface area contributed by atoms with Gasteiger partial charge in [0.05, 0.1) is 29.0 Å². The van der Waals surface area contributed by atoms with Gasteiger partial charge in [0, 0.05) is 31.5 Å². The van der Waals surface area contributed by atoms with Gasteiger partial charge in [-0.2, -0.15) is 0 Å². The molecule has 0 amide bonds. The number of nitrogens with one attached hydrogen (secondary N) is 2. The summed E-state index contributed by atoms with van der Waals surface area (Å²) < 4.78 is 43.0. The Hall–Kier alpha value is -3.99. The van der Waals surface area contributed by atoms with E-state index in [1.165, 1.54) is 10.6 Å². The van der Waals surface area contributed by atoms with Crippen LogP contribution in [-0.4, -0.2) is 65.5 Å². The molecule has 1 aliphatic heterocycles. The van der Waals surface area contributed by atoms with Crippen LogP contribution < -0.4 is 21.7 Å². The van der Waals surface area contributed by atoms with Crippen molar-refractivity contribution in [3.8, 4) is 0 Å². The molecule has 3 aliphatic carbocycles. The second-order valence-corrected chi connectivity index (χ2v) is 16.0. The molecule has 282 valence electrons. The largest absolute Gasteiger partial charge is 0.428 e. The van der Waals surface area contributed by atoms with Crippen LogP contribution in [0.4, 0.5) is 5.69 Å². The van der Waals surface area contributed by atoms with Crippen molar-refractivity contribution in [1.29, 1.82) is 0 Å². The van der Waals surface area contributed by atoms with Crippen LogP contribution in [0, 0.1) is 5.41 Å². The van der Waals surface area contributed by atoms with Gasteiger partial charge in [-0.1, -0.05) is 37.6 Å². The van der Waals surface area contributed by atoms with Crippen molar-refractivity contribution < 1.29 is 32.2 Å². The monoisotopic (exact) mass is 760 g/mol. The zero-order valence-electron chi connectivity index (χ0n) is 29.4. The number of rotatable bonds is 15. The first kappa shape index (κ1) is 37.8. The van der Waals surface area contributed by atoms with Crippen LogP contribution in [-0.2, 0) is 47.5 Å². The number of aryl methyl sites for hydroxylation is 1. The molecular weight excluding hydrogens is 716 g/mol. The maximum absolute atomic E-state index is 13.3. The van der Waals surface area contributed by atoms with Gasteiger partial charge >= 0.3 is 17.6 Å². The van der Waals surface area contributed by atoms with Crippen LogP contribution in [0.3, 0.4) is 0 Å². The number of benzene rings is 1. The number of carbonyl (C=O) groups is 2. The van der Waals surface area contributed by atoms with Gasteiger partial charge in [0.2, 0.25) is 16.8 Å². The van der Waals surface area contributed by atoms with Gasteiger partial charge in [-0.05, 0) is 75.3 Å². The number of sulfonamides is 1. The van der Waals surface area contributed by atoms with E-state index in [1.807, 2.05) is 26.0 Å². The first-order valence-corrected chi connectivity index (χ1v) is 19.7. The number of H-pyrrole nitrogens is 1. The highest BCUT2D eigenvalue weighted by Gasteiger charge is 2.51. The molecule has 1 atom stereocenters. The van der Waals surface area contributed by atoms with E-state index in [0.717, 1.165) is 56.8 Å². The SMILES string of the molecule is CCCn1c(=O)c2[nH]c(C34CCC(CCC(=O)OCOC(=O)c5cc(S(N)(=O)=O)c(Cl)cc5NCC5C=CCO5)(CC3)CC4)nc2n(CCC)c1=O. The van der Waals surface area contributed by atoms with Crippen molar-refractivity contribution in [2.45, 2.75) is 108 Å². The summed E-state index contributed by atoms with van der Waals surface area (Å²) in [6, 6.07) is 2.30. The van der Waals surface area contributed by atoms with Crippen LogP contribution in [0.1, 0.15) is 94.2 Å². The Balaban J connectivity index is 1.05. The van der Waals surface area contributed by atoms with Crippen molar-refractivity contribution in [3.05, 3.63) is 61.5 Å². The lowest BCUT2D eigenvalue weighted by Crippen LogP contribution is -2.45. The molecule has 0 radical (unpaired) electrons. The van der Waals surface area contributed by atoms with Gasteiger partial charge < -0.3 is 24.5 Å². The minimum atomic E-state index is -4.25. The van der Waals surface area contributed by atoms with Crippen molar-refractivity contribution in [1.82, 2.24) is 19.1 Å². The Morgan fingerprint density at radius 3 is 2.40 bits per heavy atom. The molecule has 2 bridgehead atoms. The molecule has 1 aromatic carbocycles. The number of hydrogen-bond donors (Lipinski definition) is 3. The Bertz CT molecular complexity index is 2100. The highest BCUT2D eigenvalue weighted by atomic mass is 35.5. The molecule has 0 saturated heterocycles. The van der Waals surface area contributed by atoms with Crippen LogP contribution in [0.2, 0.25) is 5.02 Å². The minimum Gasteiger partial charge on any atom is -0.428 e. The molecule has 3 fully saturated rings. The summed E-state index contributed by atoms with van der Waals surface area (Å²) in [4.78, 5) is 60.1. The molecular formula is C35H45ClN6O9S. The highest BCUT2D eigenvalue weighted by Crippen LogP contribution is 2.59. The van der Waals surface area contributed by atoms with Gasteiger partial charge in [0.1, 0.15) is 16.2 Å². The van der Waals surface area contributed by atoms with Crippen molar-refractivity contribution in [3.63, 3.8) is 0 Å². The maximum atomic E-state index is 13.3. The lowest BCUT2D eigenvalue weighted by atomic mass is 9.52. The first-order chi connectivity index (χ1) is 24.8. The van der Waals surface area contributed by atoms with E-state index in [0.29, 0.717) is 43.7 Å². The number of carbonyl (C=O) groups excluding carboxylic acids is 2. The van der Waals surface area contributed by atoms with E-state index in [2.05, 4.69) is 10.3 Å². The number of imidazole rings is 1. The molecule has 0 spiro atoms. The van der Waals surface area contributed by atoms with Crippen LogP contribution in [0.15, 0.2) is 38.8 Å². The lowest BCUT2D eigenvalue weighted by Gasteiger charge is -2.52. The highest BCUT2D eigenvalue weighted by molar-refractivity contribution is 7.89. The Kier molecular flexibility index (Phi) is 11.0. The quantitative estimate of drug-likeness (QED) is 0.114. The summed E-state index contributed by atoms with van der Waals surface area (Å²) in [5.74, 6) is -0.702. The number of aromatic amines is 1. The van der Waals surface area contributed by atoms with Crippen molar-refractivity contribution in [2.24, 2.45) is 10.6 Å². The standard InChI is InChI=1S/C35H45ClN6O9S/c1-3-15-41-29-28(30(44)42(16-4-2)33(41)46)39-32(40-29)35-12-9-34(10-13-35,11-14-35)8-7-27(43)50-21-51-31(45)23-18-26(52(37,47)48)24(36)19-25(23)38-20-22-6-5-17-49-22/h5-6,18-19,22,38H,3-4,7-17,20-21H2,1-2H3,(H,39,40)(H2,37,47,48). The van der Waals surface area contributed by atoms with E-state index in [-0.39, 0.29) is 57.4 Å². The Morgan fingerprint density at radius 1 is 1.08 bits per heavy atom.